The number of nitrogens with zero attached hydrogens (tertiary/aromatic N) is 2. The zero-order valence-corrected chi connectivity index (χ0v) is 18.6. The number of likely N-dealkylation sites (N-methyl/N-ethyl adjacent to an activating group) is 1. The Bertz CT molecular complexity index is 998. The minimum Gasteiger partial charge on any atom is -0.493 e. The number of ether oxygens (including phenoxy) is 2. The number of carbonyl (C=O) groups is 2. The highest BCUT2D eigenvalue weighted by Gasteiger charge is 2.20. The summed E-state index contributed by atoms with van der Waals surface area (Å²) in [6, 6.07) is 10.9. The van der Waals surface area contributed by atoms with Crippen molar-refractivity contribution in [2.45, 2.75) is 19.4 Å². The molecule has 0 aliphatic rings. The van der Waals surface area contributed by atoms with Gasteiger partial charge >= 0.3 is 0 Å². The van der Waals surface area contributed by atoms with E-state index in [4.69, 9.17) is 18.3 Å². The Morgan fingerprint density at radius 2 is 1.81 bits per heavy atom. The van der Waals surface area contributed by atoms with E-state index in [2.05, 4.69) is 0 Å². The summed E-state index contributed by atoms with van der Waals surface area (Å²) in [5.41, 5.74) is 1.47. The Morgan fingerprint density at radius 1 is 1.00 bits per heavy atom. The smallest absolute Gasteiger partial charge is 0.257 e. The van der Waals surface area contributed by atoms with Crippen molar-refractivity contribution < 1.29 is 27.9 Å². The third-order valence-electron chi connectivity index (χ3n) is 5.19. The lowest BCUT2D eigenvalue weighted by molar-refractivity contribution is -0.130. The Kier molecular flexibility index (Phi) is 7.96. The highest BCUT2D eigenvalue weighted by atomic mass is 16.5. The highest BCUT2D eigenvalue weighted by molar-refractivity contribution is 5.94. The Hall–Kier alpha value is -3.68. The van der Waals surface area contributed by atoms with Gasteiger partial charge in [-0.2, -0.15) is 0 Å². The monoisotopic (exact) mass is 440 g/mol. The van der Waals surface area contributed by atoms with Gasteiger partial charge in [-0.3, -0.25) is 9.59 Å². The molecule has 0 saturated carbocycles. The van der Waals surface area contributed by atoms with E-state index in [9.17, 15) is 9.59 Å². The number of amides is 2. The molecule has 2 aromatic heterocycles. The molecule has 1 aromatic carbocycles. The third kappa shape index (κ3) is 5.94. The van der Waals surface area contributed by atoms with Crippen molar-refractivity contribution in [2.24, 2.45) is 0 Å². The number of carbonyl (C=O) groups excluding carboxylic acids is 2. The van der Waals surface area contributed by atoms with Gasteiger partial charge in [-0.1, -0.05) is 6.07 Å². The average molecular weight is 440 g/mol. The van der Waals surface area contributed by atoms with E-state index in [-0.39, 0.29) is 31.3 Å². The van der Waals surface area contributed by atoms with Crippen molar-refractivity contribution in [1.82, 2.24) is 9.80 Å². The molecule has 0 unspecified atom stereocenters. The fourth-order valence-electron chi connectivity index (χ4n) is 3.29. The predicted octanol–water partition coefficient (Wildman–Crippen LogP) is 3.62. The van der Waals surface area contributed by atoms with Crippen LogP contribution in [-0.4, -0.2) is 56.0 Å². The highest BCUT2D eigenvalue weighted by Crippen LogP contribution is 2.27. The van der Waals surface area contributed by atoms with Gasteiger partial charge in [0.25, 0.3) is 5.91 Å². The topological polar surface area (TPSA) is 85.4 Å². The van der Waals surface area contributed by atoms with E-state index in [0.717, 1.165) is 5.56 Å². The Labute approximate surface area is 187 Å². The van der Waals surface area contributed by atoms with E-state index in [1.165, 1.54) is 12.5 Å². The molecule has 0 fully saturated rings. The van der Waals surface area contributed by atoms with E-state index >= 15 is 0 Å². The summed E-state index contributed by atoms with van der Waals surface area (Å²) in [4.78, 5) is 28.8. The van der Waals surface area contributed by atoms with Gasteiger partial charge in [0.2, 0.25) is 5.91 Å². The summed E-state index contributed by atoms with van der Waals surface area (Å²) < 4.78 is 21.0. The van der Waals surface area contributed by atoms with Crippen LogP contribution >= 0.6 is 0 Å². The van der Waals surface area contributed by atoms with Crippen LogP contribution in [0.3, 0.4) is 0 Å². The summed E-state index contributed by atoms with van der Waals surface area (Å²) in [6.07, 6.45) is 5.28. The summed E-state index contributed by atoms with van der Waals surface area (Å²) >= 11 is 0. The quantitative estimate of drug-likeness (QED) is 0.453. The van der Waals surface area contributed by atoms with Crippen LogP contribution in [0.15, 0.2) is 64.0 Å². The normalized spacial score (nSPS) is 10.6. The molecular formula is C24H28N2O6. The molecule has 3 aromatic rings. The molecule has 32 heavy (non-hydrogen) atoms. The SMILES string of the molecule is COc1ccc(CCN(C)C(=O)CCN(Cc2ccco2)C(=O)c2ccoc2)cc1OC. The molecule has 8 heteroatoms. The van der Waals surface area contributed by atoms with Crippen molar-refractivity contribution in [1.29, 1.82) is 0 Å². The molecule has 0 radical (unpaired) electrons. The van der Waals surface area contributed by atoms with Crippen molar-refractivity contribution in [2.75, 3.05) is 34.4 Å². The van der Waals surface area contributed by atoms with Gasteiger partial charge in [0.15, 0.2) is 11.5 Å². The van der Waals surface area contributed by atoms with Crippen LogP contribution in [0.4, 0.5) is 0 Å². The van der Waals surface area contributed by atoms with Crippen LogP contribution < -0.4 is 9.47 Å². The molecule has 0 spiro atoms. The molecule has 0 aliphatic carbocycles. The second-order valence-corrected chi connectivity index (χ2v) is 7.32. The second-order valence-electron chi connectivity index (χ2n) is 7.32. The maximum atomic E-state index is 12.8. The van der Waals surface area contributed by atoms with E-state index < -0.39 is 0 Å². The summed E-state index contributed by atoms with van der Waals surface area (Å²) in [5, 5.41) is 0. The van der Waals surface area contributed by atoms with Gasteiger partial charge in [0.1, 0.15) is 12.0 Å². The van der Waals surface area contributed by atoms with Crippen molar-refractivity contribution in [3.8, 4) is 11.5 Å². The van der Waals surface area contributed by atoms with Gasteiger partial charge in [0.05, 0.1) is 38.9 Å². The molecule has 8 nitrogen and oxygen atoms in total. The molecule has 0 atom stereocenters. The van der Waals surface area contributed by atoms with Gasteiger partial charge in [0, 0.05) is 26.6 Å². The lowest BCUT2D eigenvalue weighted by Gasteiger charge is -2.23. The van der Waals surface area contributed by atoms with Crippen LogP contribution in [0.25, 0.3) is 0 Å². The first-order valence-corrected chi connectivity index (χ1v) is 10.3. The van der Waals surface area contributed by atoms with Crippen molar-refractivity contribution in [3.63, 3.8) is 0 Å². The molecule has 2 amide bonds. The van der Waals surface area contributed by atoms with Crippen LogP contribution in [0.1, 0.15) is 28.1 Å². The molecular weight excluding hydrogens is 412 g/mol. The fraction of sp³-hybridized carbons (Fsp3) is 0.333. The number of rotatable bonds is 11. The molecule has 0 N–H and O–H groups in total. The summed E-state index contributed by atoms with van der Waals surface area (Å²) in [7, 11) is 4.95. The zero-order chi connectivity index (χ0) is 22.9. The average Bonchev–Trinajstić information content (AvgIpc) is 3.53. The first-order valence-electron chi connectivity index (χ1n) is 10.3. The zero-order valence-electron chi connectivity index (χ0n) is 18.6. The maximum absolute atomic E-state index is 12.8. The molecule has 0 saturated heterocycles. The van der Waals surface area contributed by atoms with E-state index in [1.807, 2.05) is 18.2 Å². The van der Waals surface area contributed by atoms with Crippen LogP contribution in [0.2, 0.25) is 0 Å². The van der Waals surface area contributed by atoms with Crippen LogP contribution in [-0.2, 0) is 17.8 Å². The van der Waals surface area contributed by atoms with Gasteiger partial charge in [-0.25, -0.2) is 0 Å². The summed E-state index contributed by atoms with van der Waals surface area (Å²) in [5.74, 6) is 1.71. The molecule has 0 bridgehead atoms. The molecule has 3 rings (SSSR count). The Balaban J connectivity index is 1.56. The van der Waals surface area contributed by atoms with Gasteiger partial charge < -0.3 is 28.1 Å². The van der Waals surface area contributed by atoms with Gasteiger partial charge in [-0.05, 0) is 42.3 Å². The molecule has 170 valence electrons. The number of hydrogen-bond donors (Lipinski definition) is 0. The van der Waals surface area contributed by atoms with Crippen LogP contribution in [0.5, 0.6) is 11.5 Å². The maximum Gasteiger partial charge on any atom is 0.257 e. The van der Waals surface area contributed by atoms with E-state index in [1.54, 1.807) is 55.5 Å². The number of furan rings is 2. The van der Waals surface area contributed by atoms with Crippen LogP contribution in [0, 0.1) is 0 Å². The van der Waals surface area contributed by atoms with Gasteiger partial charge in [-0.15, -0.1) is 0 Å². The molecule has 2 heterocycles. The van der Waals surface area contributed by atoms with Crippen molar-refractivity contribution >= 4 is 11.8 Å². The van der Waals surface area contributed by atoms with E-state index in [0.29, 0.717) is 35.8 Å². The lowest BCUT2D eigenvalue weighted by atomic mass is 10.1. The molecule has 0 aliphatic heterocycles. The summed E-state index contributed by atoms with van der Waals surface area (Å²) in [6.45, 7) is 1.09. The first-order chi connectivity index (χ1) is 15.5. The second kappa shape index (κ2) is 11.1. The largest absolute Gasteiger partial charge is 0.493 e. The number of benzene rings is 1. The fourth-order valence-corrected chi connectivity index (χ4v) is 3.29. The number of hydrogen-bond acceptors (Lipinski definition) is 6. The third-order valence-corrected chi connectivity index (χ3v) is 5.19. The van der Waals surface area contributed by atoms with Crippen molar-refractivity contribution in [3.05, 3.63) is 72.1 Å². The standard InChI is InChI=1S/C24H28N2O6/c1-25(11-8-18-6-7-21(29-2)22(15-18)30-3)23(27)9-12-26(16-20-5-4-13-32-20)24(28)19-10-14-31-17-19/h4-7,10,13-15,17H,8-9,11-12,16H2,1-3H3. The minimum atomic E-state index is -0.212. The Morgan fingerprint density at radius 3 is 2.47 bits per heavy atom. The first kappa shape index (κ1) is 23.0. The minimum absolute atomic E-state index is 0.0464. The number of methoxy groups -OCH3 is 2. The predicted molar refractivity (Wildman–Crippen MR) is 118 cm³/mol. The lowest BCUT2D eigenvalue weighted by Crippen LogP contribution is -2.36.